The van der Waals surface area contributed by atoms with Crippen LogP contribution in [0.25, 0.3) is 0 Å². The summed E-state index contributed by atoms with van der Waals surface area (Å²) in [6.07, 6.45) is 0.784. The van der Waals surface area contributed by atoms with Crippen molar-refractivity contribution in [3.63, 3.8) is 0 Å². The minimum atomic E-state index is -0.199. The number of halogens is 2. The van der Waals surface area contributed by atoms with Crippen LogP contribution in [0.2, 0.25) is 0 Å². The molecule has 0 spiro atoms. The first-order chi connectivity index (χ1) is 9.11. The van der Waals surface area contributed by atoms with E-state index in [0.717, 1.165) is 18.5 Å². The molecule has 1 nitrogen and oxygen atoms in total. The minimum Gasteiger partial charge on any atom is -0.309 e. The van der Waals surface area contributed by atoms with E-state index in [2.05, 4.69) is 47.2 Å². The van der Waals surface area contributed by atoms with Crippen molar-refractivity contribution in [3.8, 4) is 0 Å². The molecule has 1 heterocycles. The van der Waals surface area contributed by atoms with E-state index in [0.29, 0.717) is 4.47 Å². The Morgan fingerprint density at radius 2 is 2.11 bits per heavy atom. The highest BCUT2D eigenvalue weighted by Crippen LogP contribution is 2.29. The first kappa shape index (κ1) is 14.7. The Morgan fingerprint density at radius 3 is 2.74 bits per heavy atom. The van der Waals surface area contributed by atoms with Gasteiger partial charge in [-0.2, -0.15) is 0 Å². The number of benzene rings is 1. The maximum Gasteiger partial charge on any atom is 0.137 e. The van der Waals surface area contributed by atoms with Crippen LogP contribution >= 0.6 is 27.3 Å². The van der Waals surface area contributed by atoms with Gasteiger partial charge >= 0.3 is 0 Å². The van der Waals surface area contributed by atoms with Crippen LogP contribution < -0.4 is 5.32 Å². The normalized spacial score (nSPS) is 12.6. The lowest BCUT2D eigenvalue weighted by molar-refractivity contribution is 0.552. The van der Waals surface area contributed by atoms with Gasteiger partial charge in [0.25, 0.3) is 0 Å². The molecule has 0 aliphatic rings. The number of hydrogen-bond donors (Lipinski definition) is 1. The van der Waals surface area contributed by atoms with E-state index in [1.807, 2.05) is 6.07 Å². The van der Waals surface area contributed by atoms with Crippen molar-refractivity contribution < 1.29 is 4.39 Å². The molecule has 102 valence electrons. The number of thiophene rings is 1. The monoisotopic (exact) mass is 341 g/mol. The van der Waals surface area contributed by atoms with Crippen molar-refractivity contribution in [2.75, 3.05) is 6.54 Å². The van der Waals surface area contributed by atoms with Crippen molar-refractivity contribution in [1.29, 1.82) is 0 Å². The van der Waals surface area contributed by atoms with Gasteiger partial charge in [-0.25, -0.2) is 4.39 Å². The Hall–Kier alpha value is -0.710. The van der Waals surface area contributed by atoms with Crippen molar-refractivity contribution in [1.82, 2.24) is 5.32 Å². The fourth-order valence-electron chi connectivity index (χ4n) is 2.09. The molecule has 1 atom stereocenters. The number of hydrogen-bond acceptors (Lipinski definition) is 2. The number of aryl methyl sites for hydroxylation is 1. The molecule has 19 heavy (non-hydrogen) atoms. The predicted molar refractivity (Wildman–Crippen MR) is 83.3 cm³/mol. The van der Waals surface area contributed by atoms with Gasteiger partial charge < -0.3 is 5.32 Å². The predicted octanol–water partition coefficient (Wildman–Crippen LogP) is 4.85. The average molecular weight is 342 g/mol. The van der Waals surface area contributed by atoms with Crippen molar-refractivity contribution in [3.05, 3.63) is 55.9 Å². The van der Waals surface area contributed by atoms with Gasteiger partial charge in [-0.05, 0) is 59.6 Å². The maximum absolute atomic E-state index is 13.6. The summed E-state index contributed by atoms with van der Waals surface area (Å²) in [5.41, 5.74) is 0.997. The van der Waals surface area contributed by atoms with Gasteiger partial charge in [0.1, 0.15) is 5.82 Å². The first-order valence-corrected chi connectivity index (χ1v) is 7.95. The average Bonchev–Trinajstić information content (AvgIpc) is 2.81. The van der Waals surface area contributed by atoms with Gasteiger partial charge in [-0.1, -0.05) is 19.1 Å². The van der Waals surface area contributed by atoms with Gasteiger partial charge in [-0.3, -0.25) is 0 Å². The molecule has 2 aromatic rings. The van der Waals surface area contributed by atoms with Gasteiger partial charge in [0, 0.05) is 15.8 Å². The Labute approximate surface area is 126 Å². The van der Waals surface area contributed by atoms with Crippen molar-refractivity contribution in [2.24, 2.45) is 0 Å². The summed E-state index contributed by atoms with van der Waals surface area (Å²) >= 11 is 5.13. The molecule has 0 aliphatic heterocycles. The zero-order valence-electron chi connectivity index (χ0n) is 11.0. The lowest BCUT2D eigenvalue weighted by Gasteiger charge is -2.17. The highest BCUT2D eigenvalue weighted by molar-refractivity contribution is 9.10. The van der Waals surface area contributed by atoms with E-state index in [9.17, 15) is 4.39 Å². The van der Waals surface area contributed by atoms with Crippen LogP contribution in [0.4, 0.5) is 4.39 Å². The molecule has 1 N–H and O–H groups in total. The summed E-state index contributed by atoms with van der Waals surface area (Å²) in [4.78, 5) is 2.60. The second-order valence-corrected chi connectivity index (χ2v) is 6.59. The summed E-state index contributed by atoms with van der Waals surface area (Å²) in [5.74, 6) is -0.199. The van der Waals surface area contributed by atoms with E-state index in [1.165, 1.54) is 15.8 Å². The SMILES string of the molecule is CCNC(Cc1cccc(F)c1Br)c1ccc(C)s1. The van der Waals surface area contributed by atoms with E-state index in [4.69, 9.17) is 0 Å². The Balaban J connectivity index is 2.23. The zero-order valence-corrected chi connectivity index (χ0v) is 13.4. The molecule has 0 bridgehead atoms. The molecule has 0 saturated heterocycles. The Bertz CT molecular complexity index is 553. The van der Waals surface area contributed by atoms with Crippen LogP contribution in [-0.2, 0) is 6.42 Å². The van der Waals surface area contributed by atoms with E-state index < -0.39 is 0 Å². The van der Waals surface area contributed by atoms with Crippen molar-refractivity contribution >= 4 is 27.3 Å². The molecular weight excluding hydrogens is 325 g/mol. The van der Waals surface area contributed by atoms with Gasteiger partial charge in [0.15, 0.2) is 0 Å². The first-order valence-electron chi connectivity index (χ1n) is 6.34. The van der Waals surface area contributed by atoms with E-state index in [1.54, 1.807) is 17.4 Å². The minimum absolute atomic E-state index is 0.199. The quantitative estimate of drug-likeness (QED) is 0.819. The topological polar surface area (TPSA) is 12.0 Å². The second-order valence-electron chi connectivity index (χ2n) is 4.48. The highest BCUT2D eigenvalue weighted by atomic mass is 79.9. The molecule has 4 heteroatoms. The van der Waals surface area contributed by atoms with Crippen molar-refractivity contribution in [2.45, 2.75) is 26.3 Å². The molecular formula is C15H17BrFNS. The summed E-state index contributed by atoms with van der Waals surface area (Å²) in [5, 5.41) is 3.47. The Morgan fingerprint density at radius 1 is 1.32 bits per heavy atom. The van der Waals surface area contributed by atoms with Gasteiger partial charge in [-0.15, -0.1) is 11.3 Å². The third-order valence-corrected chi connectivity index (χ3v) is 5.01. The second kappa shape index (κ2) is 6.64. The van der Waals surface area contributed by atoms with E-state index >= 15 is 0 Å². The molecule has 0 amide bonds. The molecule has 1 unspecified atom stereocenters. The number of likely N-dealkylation sites (N-methyl/N-ethyl adjacent to an activating group) is 1. The molecule has 2 rings (SSSR count). The van der Waals surface area contributed by atoms with Crippen LogP contribution in [-0.4, -0.2) is 6.54 Å². The third kappa shape index (κ3) is 3.65. The van der Waals surface area contributed by atoms with Crippen LogP contribution in [0.15, 0.2) is 34.8 Å². The third-order valence-electron chi connectivity index (χ3n) is 3.01. The smallest absolute Gasteiger partial charge is 0.137 e. The lowest BCUT2D eigenvalue weighted by Crippen LogP contribution is -2.22. The Kier molecular flexibility index (Phi) is 5.13. The van der Waals surface area contributed by atoms with E-state index in [-0.39, 0.29) is 11.9 Å². The number of rotatable bonds is 5. The zero-order chi connectivity index (χ0) is 13.8. The molecule has 0 aliphatic carbocycles. The van der Waals surface area contributed by atoms with Crippen LogP contribution in [0.3, 0.4) is 0 Å². The summed E-state index contributed by atoms with van der Waals surface area (Å²) in [6.45, 7) is 5.10. The standard InChI is InChI=1S/C15H17BrFNS/c1-3-18-13(14-8-7-10(2)19-14)9-11-5-4-6-12(17)15(11)16/h4-8,13,18H,3,9H2,1-2H3. The summed E-state index contributed by atoms with van der Waals surface area (Å²) < 4.78 is 14.1. The molecule has 0 saturated carbocycles. The van der Waals surface area contributed by atoms with Crippen LogP contribution in [0, 0.1) is 12.7 Å². The molecule has 1 aromatic heterocycles. The van der Waals surface area contributed by atoms with Crippen LogP contribution in [0.5, 0.6) is 0 Å². The molecule has 0 fully saturated rings. The highest BCUT2D eigenvalue weighted by Gasteiger charge is 2.15. The molecule has 0 radical (unpaired) electrons. The van der Waals surface area contributed by atoms with Gasteiger partial charge in [0.2, 0.25) is 0 Å². The van der Waals surface area contributed by atoms with Crippen LogP contribution in [0.1, 0.15) is 28.3 Å². The summed E-state index contributed by atoms with van der Waals surface area (Å²) in [7, 11) is 0. The largest absolute Gasteiger partial charge is 0.309 e. The maximum atomic E-state index is 13.6. The van der Waals surface area contributed by atoms with Gasteiger partial charge in [0.05, 0.1) is 4.47 Å². The molecule has 1 aromatic carbocycles. The lowest BCUT2D eigenvalue weighted by atomic mass is 10.0. The summed E-state index contributed by atoms with van der Waals surface area (Å²) in [6, 6.07) is 9.73. The fourth-order valence-corrected chi connectivity index (χ4v) is 3.47. The number of nitrogens with one attached hydrogen (secondary N) is 1. The fraction of sp³-hybridized carbons (Fsp3) is 0.333.